The minimum absolute atomic E-state index is 0.0758. The van der Waals surface area contributed by atoms with Gasteiger partial charge in [0.25, 0.3) is 0 Å². The number of aryl methyl sites for hydroxylation is 3. The van der Waals surface area contributed by atoms with Crippen LogP contribution in [0.5, 0.6) is 11.5 Å². The van der Waals surface area contributed by atoms with Crippen LogP contribution in [0.15, 0.2) is 30.3 Å². The van der Waals surface area contributed by atoms with Crippen LogP contribution >= 0.6 is 0 Å². The third-order valence-corrected chi connectivity index (χ3v) is 4.81. The fourth-order valence-electron chi connectivity index (χ4n) is 3.42. The molecule has 0 aromatic heterocycles. The van der Waals surface area contributed by atoms with Gasteiger partial charge in [0.05, 0.1) is 0 Å². The maximum Gasteiger partial charge on any atom is 0.231 e. The topological polar surface area (TPSA) is 67.9 Å². The minimum Gasteiger partial charge on any atom is -0.454 e. The Morgan fingerprint density at radius 1 is 1.04 bits per heavy atom. The van der Waals surface area contributed by atoms with Crippen molar-refractivity contribution in [2.75, 3.05) is 18.7 Å². The lowest BCUT2D eigenvalue weighted by Crippen LogP contribution is -2.31. The summed E-state index contributed by atoms with van der Waals surface area (Å²) in [7, 11) is 0. The van der Waals surface area contributed by atoms with Crippen LogP contribution in [0, 0.1) is 20.8 Å². The first-order valence-electron chi connectivity index (χ1n) is 9.35. The summed E-state index contributed by atoms with van der Waals surface area (Å²) in [6.07, 6.45) is 0.233. The first kappa shape index (κ1) is 19.7. The van der Waals surface area contributed by atoms with Crippen molar-refractivity contribution in [3.05, 3.63) is 52.6 Å². The molecule has 0 radical (unpaired) electrons. The zero-order valence-electron chi connectivity index (χ0n) is 16.8. The lowest BCUT2D eigenvalue weighted by Gasteiger charge is -2.21. The van der Waals surface area contributed by atoms with Gasteiger partial charge < -0.3 is 19.7 Å². The van der Waals surface area contributed by atoms with Crippen molar-refractivity contribution < 1.29 is 19.1 Å². The van der Waals surface area contributed by atoms with E-state index < -0.39 is 0 Å². The highest BCUT2D eigenvalue weighted by Gasteiger charge is 2.17. The predicted molar refractivity (Wildman–Crippen MR) is 108 cm³/mol. The van der Waals surface area contributed by atoms with E-state index in [4.69, 9.17) is 9.47 Å². The van der Waals surface area contributed by atoms with Crippen molar-refractivity contribution >= 4 is 17.5 Å². The van der Waals surface area contributed by atoms with Gasteiger partial charge in [0.2, 0.25) is 18.6 Å². The highest BCUT2D eigenvalue weighted by molar-refractivity contribution is 5.92. The molecule has 1 aliphatic heterocycles. The third kappa shape index (κ3) is 4.63. The summed E-state index contributed by atoms with van der Waals surface area (Å²) in [5.74, 6) is 1.21. The molecule has 0 unspecified atom stereocenters. The summed E-state index contributed by atoms with van der Waals surface area (Å²) < 4.78 is 10.7. The van der Waals surface area contributed by atoms with Crippen LogP contribution in [-0.4, -0.2) is 30.1 Å². The average molecular weight is 382 g/mol. The SMILES string of the molecule is CC(=O)N(CCC(=O)Nc1c(C)cc(C)cc1C)Cc1ccc2c(c1)OCO2. The summed E-state index contributed by atoms with van der Waals surface area (Å²) in [4.78, 5) is 26.1. The number of benzene rings is 2. The van der Waals surface area contributed by atoms with Crippen LogP contribution in [0.4, 0.5) is 5.69 Å². The molecule has 1 N–H and O–H groups in total. The van der Waals surface area contributed by atoms with Crippen LogP contribution in [-0.2, 0) is 16.1 Å². The van der Waals surface area contributed by atoms with E-state index in [1.54, 1.807) is 4.90 Å². The number of hydrogen-bond donors (Lipinski definition) is 1. The van der Waals surface area contributed by atoms with E-state index >= 15 is 0 Å². The molecular formula is C22H26N2O4. The molecule has 2 aromatic carbocycles. The molecule has 0 fully saturated rings. The molecule has 2 aromatic rings. The summed E-state index contributed by atoms with van der Waals surface area (Å²) in [6.45, 7) is 8.49. The van der Waals surface area contributed by atoms with Crippen molar-refractivity contribution in [3.8, 4) is 11.5 Å². The lowest BCUT2D eigenvalue weighted by molar-refractivity contribution is -0.129. The van der Waals surface area contributed by atoms with E-state index in [0.29, 0.717) is 24.6 Å². The fraction of sp³-hybridized carbons (Fsp3) is 0.364. The molecule has 0 aliphatic carbocycles. The van der Waals surface area contributed by atoms with Gasteiger partial charge in [-0.05, 0) is 49.6 Å². The smallest absolute Gasteiger partial charge is 0.231 e. The molecule has 0 saturated carbocycles. The number of fused-ring (bicyclic) bond motifs is 1. The van der Waals surface area contributed by atoms with Crippen molar-refractivity contribution in [1.29, 1.82) is 0 Å². The summed E-state index contributed by atoms with van der Waals surface area (Å²) >= 11 is 0. The van der Waals surface area contributed by atoms with Crippen LogP contribution in [0.2, 0.25) is 0 Å². The molecule has 3 rings (SSSR count). The molecule has 0 saturated heterocycles. The number of hydrogen-bond acceptors (Lipinski definition) is 4. The molecule has 6 heteroatoms. The molecule has 1 aliphatic rings. The van der Waals surface area contributed by atoms with Crippen molar-refractivity contribution in [3.63, 3.8) is 0 Å². The van der Waals surface area contributed by atoms with Gasteiger partial charge in [-0.2, -0.15) is 0 Å². The highest BCUT2D eigenvalue weighted by atomic mass is 16.7. The Balaban J connectivity index is 1.60. The van der Waals surface area contributed by atoms with Gasteiger partial charge in [-0.3, -0.25) is 9.59 Å². The van der Waals surface area contributed by atoms with Crippen molar-refractivity contribution in [2.45, 2.75) is 40.7 Å². The van der Waals surface area contributed by atoms with Crippen molar-refractivity contribution in [1.82, 2.24) is 4.90 Å². The number of carbonyl (C=O) groups is 2. The molecule has 28 heavy (non-hydrogen) atoms. The molecule has 2 amide bonds. The van der Waals surface area contributed by atoms with Gasteiger partial charge in [-0.15, -0.1) is 0 Å². The minimum atomic E-state index is -0.105. The summed E-state index contributed by atoms with van der Waals surface area (Å²) in [6, 6.07) is 9.71. The van der Waals surface area contributed by atoms with Crippen LogP contribution in [0.1, 0.15) is 35.6 Å². The molecule has 0 atom stereocenters. The number of carbonyl (C=O) groups excluding carboxylic acids is 2. The summed E-state index contributed by atoms with van der Waals surface area (Å²) in [5, 5.41) is 2.98. The third-order valence-electron chi connectivity index (χ3n) is 4.81. The van der Waals surface area contributed by atoms with Gasteiger partial charge in [0, 0.05) is 32.1 Å². The second kappa shape index (κ2) is 8.33. The number of ether oxygens (including phenoxy) is 2. The largest absolute Gasteiger partial charge is 0.454 e. The van der Waals surface area contributed by atoms with E-state index in [1.807, 2.05) is 51.1 Å². The van der Waals surface area contributed by atoms with Gasteiger partial charge in [0.1, 0.15) is 0 Å². The second-order valence-electron chi connectivity index (χ2n) is 7.20. The van der Waals surface area contributed by atoms with Gasteiger partial charge >= 0.3 is 0 Å². The maximum atomic E-state index is 12.4. The zero-order chi connectivity index (χ0) is 20.3. The van der Waals surface area contributed by atoms with E-state index in [9.17, 15) is 9.59 Å². The quantitative estimate of drug-likeness (QED) is 0.827. The Morgan fingerprint density at radius 3 is 2.39 bits per heavy atom. The maximum absolute atomic E-state index is 12.4. The Labute approximate surface area is 165 Å². The first-order chi connectivity index (χ1) is 13.3. The first-order valence-corrected chi connectivity index (χ1v) is 9.35. The normalized spacial score (nSPS) is 12.0. The molecule has 148 valence electrons. The van der Waals surface area contributed by atoms with Crippen molar-refractivity contribution in [2.24, 2.45) is 0 Å². The predicted octanol–water partition coefficient (Wildman–Crippen LogP) is 3.72. The van der Waals surface area contributed by atoms with Gasteiger partial charge in [-0.25, -0.2) is 0 Å². The number of rotatable bonds is 6. The molecule has 6 nitrogen and oxygen atoms in total. The molecule has 1 heterocycles. The number of anilines is 1. The lowest BCUT2D eigenvalue weighted by atomic mass is 10.0. The average Bonchev–Trinajstić information content (AvgIpc) is 3.09. The van der Waals surface area contributed by atoms with Crippen LogP contribution in [0.25, 0.3) is 0 Å². The molecule has 0 spiro atoms. The highest BCUT2D eigenvalue weighted by Crippen LogP contribution is 2.32. The fourth-order valence-corrected chi connectivity index (χ4v) is 3.42. The molecule has 0 bridgehead atoms. The van der Waals surface area contributed by atoms with Crippen LogP contribution < -0.4 is 14.8 Å². The van der Waals surface area contributed by atoms with E-state index in [2.05, 4.69) is 5.32 Å². The number of nitrogens with one attached hydrogen (secondary N) is 1. The Morgan fingerprint density at radius 2 is 1.71 bits per heavy atom. The monoisotopic (exact) mass is 382 g/mol. The van der Waals surface area contributed by atoms with E-state index in [-0.39, 0.29) is 25.0 Å². The second-order valence-corrected chi connectivity index (χ2v) is 7.20. The zero-order valence-corrected chi connectivity index (χ0v) is 16.8. The number of amides is 2. The van der Waals surface area contributed by atoms with Gasteiger partial charge in [0.15, 0.2) is 11.5 Å². The van der Waals surface area contributed by atoms with Gasteiger partial charge in [-0.1, -0.05) is 23.8 Å². The summed E-state index contributed by atoms with van der Waals surface area (Å²) in [5.41, 5.74) is 5.02. The Kier molecular flexibility index (Phi) is 5.87. The van der Waals surface area contributed by atoms with Crippen LogP contribution in [0.3, 0.4) is 0 Å². The Bertz CT molecular complexity index is 884. The molecular weight excluding hydrogens is 356 g/mol. The Hall–Kier alpha value is -3.02. The van der Waals surface area contributed by atoms with E-state index in [0.717, 1.165) is 22.4 Å². The number of nitrogens with zero attached hydrogens (tertiary/aromatic N) is 1. The standard InChI is InChI=1S/C22H26N2O4/c1-14-9-15(2)22(16(3)10-14)23-21(26)7-8-24(17(4)25)12-18-5-6-19-20(11-18)28-13-27-19/h5-6,9-11H,7-8,12-13H2,1-4H3,(H,23,26). The van der Waals surface area contributed by atoms with E-state index in [1.165, 1.54) is 12.5 Å².